The minimum absolute atomic E-state index is 0.397. The van der Waals surface area contributed by atoms with Crippen LogP contribution in [0.1, 0.15) is 39.5 Å². The van der Waals surface area contributed by atoms with E-state index in [-0.39, 0.29) is 0 Å². The molecule has 1 aliphatic rings. The van der Waals surface area contributed by atoms with Crippen molar-refractivity contribution in [2.45, 2.75) is 45.1 Å². The van der Waals surface area contributed by atoms with E-state index in [0.29, 0.717) is 5.92 Å². The standard InChI is InChI=1S/C10H18O/c1-8(2)10(11)7-5-4-6-9(10)3/h9,11H,1,4-7H2,2-3H3. The normalized spacial score (nSPS) is 38.6. The molecular weight excluding hydrogens is 136 g/mol. The lowest BCUT2D eigenvalue weighted by atomic mass is 9.73. The summed E-state index contributed by atoms with van der Waals surface area (Å²) >= 11 is 0. The summed E-state index contributed by atoms with van der Waals surface area (Å²) in [5.74, 6) is 0.397. The SMILES string of the molecule is C=C(C)C1(O)CCCCC1C. The molecule has 11 heavy (non-hydrogen) atoms. The minimum atomic E-state index is -0.557. The Balaban J connectivity index is 2.72. The van der Waals surface area contributed by atoms with Crippen molar-refractivity contribution in [1.82, 2.24) is 0 Å². The van der Waals surface area contributed by atoms with Crippen LogP contribution in [0.15, 0.2) is 12.2 Å². The molecule has 1 nitrogen and oxygen atoms in total. The lowest BCUT2D eigenvalue weighted by molar-refractivity contribution is -0.00694. The first-order valence-corrected chi connectivity index (χ1v) is 4.45. The number of hydrogen-bond acceptors (Lipinski definition) is 1. The lowest BCUT2D eigenvalue weighted by Crippen LogP contribution is -2.39. The molecular formula is C10H18O. The Labute approximate surface area is 69.1 Å². The molecule has 0 aromatic rings. The second-order valence-electron chi connectivity index (χ2n) is 3.85. The summed E-state index contributed by atoms with van der Waals surface area (Å²) < 4.78 is 0. The van der Waals surface area contributed by atoms with Gasteiger partial charge in [-0.1, -0.05) is 26.3 Å². The topological polar surface area (TPSA) is 20.2 Å². The molecule has 0 radical (unpaired) electrons. The van der Waals surface area contributed by atoms with Gasteiger partial charge in [-0.25, -0.2) is 0 Å². The van der Waals surface area contributed by atoms with Crippen LogP contribution in [0.2, 0.25) is 0 Å². The Morgan fingerprint density at radius 2 is 2.18 bits per heavy atom. The third kappa shape index (κ3) is 1.48. The molecule has 1 aliphatic carbocycles. The van der Waals surface area contributed by atoms with Gasteiger partial charge in [0.15, 0.2) is 0 Å². The number of aliphatic hydroxyl groups is 1. The van der Waals surface area contributed by atoms with Gasteiger partial charge in [0, 0.05) is 0 Å². The van der Waals surface area contributed by atoms with Crippen molar-refractivity contribution < 1.29 is 5.11 Å². The van der Waals surface area contributed by atoms with E-state index in [2.05, 4.69) is 13.5 Å². The predicted octanol–water partition coefficient (Wildman–Crippen LogP) is 2.50. The molecule has 1 fully saturated rings. The fraction of sp³-hybridized carbons (Fsp3) is 0.800. The van der Waals surface area contributed by atoms with Crippen molar-refractivity contribution in [2.24, 2.45) is 5.92 Å². The monoisotopic (exact) mass is 154 g/mol. The highest BCUT2D eigenvalue weighted by molar-refractivity contribution is 5.12. The van der Waals surface area contributed by atoms with Gasteiger partial charge >= 0.3 is 0 Å². The summed E-state index contributed by atoms with van der Waals surface area (Å²) in [6.07, 6.45) is 4.46. The smallest absolute Gasteiger partial charge is 0.0876 e. The maximum atomic E-state index is 10.1. The highest BCUT2D eigenvalue weighted by Gasteiger charge is 2.36. The van der Waals surface area contributed by atoms with Gasteiger partial charge in [0.1, 0.15) is 0 Å². The van der Waals surface area contributed by atoms with E-state index in [4.69, 9.17) is 0 Å². The first-order valence-electron chi connectivity index (χ1n) is 4.45. The average Bonchev–Trinajstić information content (AvgIpc) is 1.95. The molecule has 0 saturated heterocycles. The van der Waals surface area contributed by atoms with E-state index in [9.17, 15) is 5.11 Å². The number of hydrogen-bond donors (Lipinski definition) is 1. The van der Waals surface area contributed by atoms with Crippen LogP contribution in [-0.2, 0) is 0 Å². The summed E-state index contributed by atoms with van der Waals surface area (Å²) in [7, 11) is 0. The van der Waals surface area contributed by atoms with Crippen molar-refractivity contribution in [3.05, 3.63) is 12.2 Å². The van der Waals surface area contributed by atoms with Crippen molar-refractivity contribution in [3.8, 4) is 0 Å². The Bertz CT molecular complexity index is 162. The lowest BCUT2D eigenvalue weighted by Gasteiger charge is -2.38. The van der Waals surface area contributed by atoms with Crippen molar-refractivity contribution in [2.75, 3.05) is 0 Å². The van der Waals surface area contributed by atoms with Crippen LogP contribution in [0.25, 0.3) is 0 Å². The van der Waals surface area contributed by atoms with E-state index >= 15 is 0 Å². The molecule has 1 saturated carbocycles. The van der Waals surface area contributed by atoms with Gasteiger partial charge in [0.25, 0.3) is 0 Å². The first kappa shape index (κ1) is 8.79. The van der Waals surface area contributed by atoms with E-state index in [1.54, 1.807) is 0 Å². The molecule has 0 amide bonds. The number of rotatable bonds is 1. The predicted molar refractivity (Wildman–Crippen MR) is 47.4 cm³/mol. The van der Waals surface area contributed by atoms with Gasteiger partial charge in [0.05, 0.1) is 5.60 Å². The Hall–Kier alpha value is -0.300. The maximum Gasteiger partial charge on any atom is 0.0876 e. The van der Waals surface area contributed by atoms with Crippen LogP contribution < -0.4 is 0 Å². The van der Waals surface area contributed by atoms with E-state index in [1.165, 1.54) is 6.42 Å². The van der Waals surface area contributed by atoms with Crippen molar-refractivity contribution in [1.29, 1.82) is 0 Å². The Morgan fingerprint density at radius 1 is 1.55 bits per heavy atom. The van der Waals surface area contributed by atoms with Gasteiger partial charge in [-0.15, -0.1) is 0 Å². The van der Waals surface area contributed by atoms with Crippen LogP contribution in [-0.4, -0.2) is 10.7 Å². The van der Waals surface area contributed by atoms with E-state index in [0.717, 1.165) is 24.8 Å². The first-order chi connectivity index (χ1) is 5.07. The maximum absolute atomic E-state index is 10.1. The molecule has 1 heteroatoms. The van der Waals surface area contributed by atoms with Crippen molar-refractivity contribution >= 4 is 0 Å². The summed E-state index contributed by atoms with van der Waals surface area (Å²) in [6.45, 7) is 7.90. The van der Waals surface area contributed by atoms with Crippen LogP contribution >= 0.6 is 0 Å². The van der Waals surface area contributed by atoms with E-state index < -0.39 is 5.60 Å². The van der Waals surface area contributed by atoms with Gasteiger partial charge in [-0.2, -0.15) is 0 Å². The highest BCUT2D eigenvalue weighted by Crippen LogP contribution is 2.37. The molecule has 1 rings (SSSR count). The van der Waals surface area contributed by atoms with Crippen LogP contribution in [0, 0.1) is 5.92 Å². The molecule has 0 aromatic heterocycles. The molecule has 2 atom stereocenters. The third-order valence-electron chi connectivity index (χ3n) is 3.00. The highest BCUT2D eigenvalue weighted by atomic mass is 16.3. The van der Waals surface area contributed by atoms with Crippen molar-refractivity contribution in [3.63, 3.8) is 0 Å². The Morgan fingerprint density at radius 3 is 2.55 bits per heavy atom. The Kier molecular flexibility index (Phi) is 2.38. The third-order valence-corrected chi connectivity index (χ3v) is 3.00. The largest absolute Gasteiger partial charge is 0.385 e. The summed E-state index contributed by atoms with van der Waals surface area (Å²) in [5, 5.41) is 10.1. The molecule has 0 spiro atoms. The van der Waals surface area contributed by atoms with Gasteiger partial charge in [-0.3, -0.25) is 0 Å². The minimum Gasteiger partial charge on any atom is -0.385 e. The summed E-state index contributed by atoms with van der Waals surface area (Å²) in [6, 6.07) is 0. The molecule has 0 aliphatic heterocycles. The molecule has 1 N–H and O–H groups in total. The average molecular weight is 154 g/mol. The quantitative estimate of drug-likeness (QED) is 0.575. The molecule has 0 bridgehead atoms. The molecule has 0 aromatic carbocycles. The second-order valence-corrected chi connectivity index (χ2v) is 3.85. The van der Waals surface area contributed by atoms with E-state index in [1.807, 2.05) is 6.92 Å². The zero-order valence-electron chi connectivity index (χ0n) is 7.56. The zero-order valence-corrected chi connectivity index (χ0v) is 7.56. The molecule has 64 valence electrons. The fourth-order valence-electron chi connectivity index (χ4n) is 1.96. The fourth-order valence-corrected chi connectivity index (χ4v) is 1.96. The zero-order chi connectivity index (χ0) is 8.48. The van der Waals surface area contributed by atoms with Gasteiger partial charge < -0.3 is 5.11 Å². The van der Waals surface area contributed by atoms with Crippen LogP contribution in [0.3, 0.4) is 0 Å². The molecule has 0 heterocycles. The second kappa shape index (κ2) is 2.98. The van der Waals surface area contributed by atoms with Crippen LogP contribution in [0.4, 0.5) is 0 Å². The molecule has 2 unspecified atom stereocenters. The summed E-state index contributed by atoms with van der Waals surface area (Å²) in [5.41, 5.74) is 0.378. The van der Waals surface area contributed by atoms with Gasteiger partial charge in [0.2, 0.25) is 0 Å². The van der Waals surface area contributed by atoms with Gasteiger partial charge in [-0.05, 0) is 31.3 Å². The van der Waals surface area contributed by atoms with Crippen LogP contribution in [0.5, 0.6) is 0 Å². The summed E-state index contributed by atoms with van der Waals surface area (Å²) in [4.78, 5) is 0.